The SMILES string of the molecule is COc1cc(C(=O)N2CCC(c3cnc(C)cc3OC)CC2)c(F)cc1Oc1ccc(F)cc1. The number of hydrogen-bond acceptors (Lipinski definition) is 5. The van der Waals surface area contributed by atoms with Crippen LogP contribution in [0.5, 0.6) is 23.0 Å². The molecule has 1 aliphatic rings. The zero-order valence-corrected chi connectivity index (χ0v) is 19.3. The molecule has 8 heteroatoms. The maximum Gasteiger partial charge on any atom is 0.256 e. The van der Waals surface area contributed by atoms with Gasteiger partial charge in [-0.25, -0.2) is 8.78 Å². The van der Waals surface area contributed by atoms with Gasteiger partial charge in [-0.15, -0.1) is 0 Å². The highest BCUT2D eigenvalue weighted by atomic mass is 19.1. The van der Waals surface area contributed by atoms with E-state index < -0.39 is 17.5 Å². The molecule has 1 fully saturated rings. The Balaban J connectivity index is 1.48. The van der Waals surface area contributed by atoms with Crippen LogP contribution in [0.2, 0.25) is 0 Å². The van der Waals surface area contributed by atoms with Crippen molar-refractivity contribution in [1.82, 2.24) is 9.88 Å². The zero-order chi connectivity index (χ0) is 24.2. The number of piperidine rings is 1. The Morgan fingerprint density at radius 3 is 2.29 bits per heavy atom. The second-order valence-corrected chi connectivity index (χ2v) is 8.17. The number of carbonyl (C=O) groups excluding carboxylic acids is 1. The maximum absolute atomic E-state index is 14.9. The molecule has 0 aliphatic carbocycles. The van der Waals surface area contributed by atoms with Crippen LogP contribution >= 0.6 is 0 Å². The van der Waals surface area contributed by atoms with Crippen molar-refractivity contribution in [3.63, 3.8) is 0 Å². The summed E-state index contributed by atoms with van der Waals surface area (Å²) in [4.78, 5) is 19.1. The average molecular weight is 469 g/mol. The number of rotatable bonds is 6. The molecular weight excluding hydrogens is 442 g/mol. The van der Waals surface area contributed by atoms with Gasteiger partial charge in [0.2, 0.25) is 0 Å². The highest BCUT2D eigenvalue weighted by Gasteiger charge is 2.29. The Morgan fingerprint density at radius 1 is 0.971 bits per heavy atom. The van der Waals surface area contributed by atoms with Crippen molar-refractivity contribution in [2.45, 2.75) is 25.7 Å². The molecule has 34 heavy (non-hydrogen) atoms. The Morgan fingerprint density at radius 2 is 1.65 bits per heavy atom. The molecule has 0 bridgehead atoms. The van der Waals surface area contributed by atoms with Crippen molar-refractivity contribution in [2.24, 2.45) is 0 Å². The quantitative estimate of drug-likeness (QED) is 0.478. The van der Waals surface area contributed by atoms with Crippen LogP contribution in [0.25, 0.3) is 0 Å². The van der Waals surface area contributed by atoms with Gasteiger partial charge in [0, 0.05) is 42.7 Å². The van der Waals surface area contributed by atoms with E-state index in [9.17, 15) is 13.6 Å². The molecule has 1 saturated heterocycles. The van der Waals surface area contributed by atoms with Crippen LogP contribution in [-0.2, 0) is 0 Å². The van der Waals surface area contributed by atoms with E-state index in [0.717, 1.165) is 35.9 Å². The van der Waals surface area contributed by atoms with Crippen molar-refractivity contribution < 1.29 is 27.8 Å². The third-order valence-corrected chi connectivity index (χ3v) is 6.00. The number of nitrogens with zero attached hydrogens (tertiary/aromatic N) is 2. The summed E-state index contributed by atoms with van der Waals surface area (Å²) in [5.41, 5.74) is 1.82. The number of methoxy groups -OCH3 is 2. The van der Waals surface area contributed by atoms with Crippen LogP contribution in [0, 0.1) is 18.6 Å². The molecule has 0 unspecified atom stereocenters. The summed E-state index contributed by atoms with van der Waals surface area (Å²) in [7, 11) is 3.05. The predicted molar refractivity (Wildman–Crippen MR) is 123 cm³/mol. The minimum absolute atomic E-state index is 0.0867. The number of likely N-dealkylation sites (tertiary alicyclic amines) is 1. The van der Waals surface area contributed by atoms with Crippen LogP contribution in [0.3, 0.4) is 0 Å². The standard InChI is InChI=1S/C26H26F2N2O4/c1-16-12-23(32-2)21(15-29-16)17-8-10-30(11-9-17)26(31)20-13-24(33-3)25(14-22(20)28)34-19-6-4-18(27)5-7-19/h4-7,12-15,17H,8-11H2,1-3H3. The van der Waals surface area contributed by atoms with Crippen molar-refractivity contribution >= 4 is 5.91 Å². The molecule has 0 N–H and O–H groups in total. The van der Waals surface area contributed by atoms with Crippen molar-refractivity contribution in [2.75, 3.05) is 27.3 Å². The van der Waals surface area contributed by atoms with Crippen LogP contribution in [0.15, 0.2) is 48.7 Å². The molecule has 0 saturated carbocycles. The monoisotopic (exact) mass is 468 g/mol. The topological polar surface area (TPSA) is 60.9 Å². The molecule has 178 valence electrons. The fourth-order valence-corrected chi connectivity index (χ4v) is 4.16. The van der Waals surface area contributed by atoms with Gasteiger partial charge in [-0.2, -0.15) is 0 Å². The smallest absolute Gasteiger partial charge is 0.256 e. The molecule has 1 amide bonds. The fraction of sp³-hybridized carbons (Fsp3) is 0.308. The highest BCUT2D eigenvalue weighted by Crippen LogP contribution is 2.37. The Labute approximate surface area is 197 Å². The Kier molecular flexibility index (Phi) is 6.95. The minimum Gasteiger partial charge on any atom is -0.496 e. The summed E-state index contributed by atoms with van der Waals surface area (Å²) < 4.78 is 44.6. The molecule has 0 radical (unpaired) electrons. The van der Waals surface area contributed by atoms with E-state index in [1.54, 1.807) is 12.0 Å². The number of halogens is 2. The van der Waals surface area contributed by atoms with Crippen LogP contribution in [0.4, 0.5) is 8.78 Å². The van der Waals surface area contributed by atoms with Gasteiger partial charge in [0.05, 0.1) is 19.8 Å². The molecule has 1 aromatic heterocycles. The van der Waals surface area contributed by atoms with Gasteiger partial charge in [0.15, 0.2) is 11.5 Å². The summed E-state index contributed by atoms with van der Waals surface area (Å²) in [6.07, 6.45) is 3.27. The molecule has 4 rings (SSSR count). The number of ether oxygens (including phenoxy) is 3. The molecule has 0 spiro atoms. The molecule has 6 nitrogen and oxygen atoms in total. The first-order valence-electron chi connectivity index (χ1n) is 11.0. The summed E-state index contributed by atoms with van der Waals surface area (Å²) in [5, 5.41) is 0. The number of aryl methyl sites for hydroxylation is 1. The third-order valence-electron chi connectivity index (χ3n) is 6.00. The average Bonchev–Trinajstić information content (AvgIpc) is 2.85. The number of benzene rings is 2. The lowest BCUT2D eigenvalue weighted by molar-refractivity contribution is 0.0707. The third kappa shape index (κ3) is 4.95. The van der Waals surface area contributed by atoms with Crippen LogP contribution in [0.1, 0.15) is 40.4 Å². The van der Waals surface area contributed by atoms with E-state index in [0.29, 0.717) is 18.8 Å². The van der Waals surface area contributed by atoms with Crippen molar-refractivity contribution in [3.8, 4) is 23.0 Å². The summed E-state index contributed by atoms with van der Waals surface area (Å²) in [6.45, 7) is 2.87. The highest BCUT2D eigenvalue weighted by molar-refractivity contribution is 5.95. The number of aromatic nitrogens is 1. The van der Waals surface area contributed by atoms with Crippen LogP contribution in [-0.4, -0.2) is 43.1 Å². The molecule has 2 heterocycles. The van der Waals surface area contributed by atoms with Gasteiger partial charge in [-0.1, -0.05) is 0 Å². The first kappa shape index (κ1) is 23.5. The maximum atomic E-state index is 14.9. The summed E-state index contributed by atoms with van der Waals surface area (Å²) in [6, 6.07) is 9.69. The first-order chi connectivity index (χ1) is 16.4. The normalized spacial score (nSPS) is 14.1. The van der Waals surface area contributed by atoms with Gasteiger partial charge >= 0.3 is 0 Å². The Bertz CT molecular complexity index is 1180. The van der Waals surface area contributed by atoms with Gasteiger partial charge in [0.1, 0.15) is 23.1 Å². The molecule has 2 aromatic carbocycles. The Hall–Kier alpha value is -3.68. The lowest BCUT2D eigenvalue weighted by Gasteiger charge is -2.33. The summed E-state index contributed by atoms with van der Waals surface area (Å²) in [5.74, 6) is 0.0996. The van der Waals surface area contributed by atoms with Gasteiger partial charge in [-0.3, -0.25) is 9.78 Å². The summed E-state index contributed by atoms with van der Waals surface area (Å²) >= 11 is 0. The predicted octanol–water partition coefficient (Wildman–Crippen LogP) is 5.50. The number of pyridine rings is 1. The second-order valence-electron chi connectivity index (χ2n) is 8.17. The van der Waals surface area contributed by atoms with E-state index in [1.807, 2.05) is 19.2 Å². The number of amides is 1. The minimum atomic E-state index is -0.713. The second kappa shape index (κ2) is 10.1. The van der Waals surface area contributed by atoms with E-state index in [-0.39, 0.29) is 23.0 Å². The van der Waals surface area contributed by atoms with Crippen molar-refractivity contribution in [3.05, 3.63) is 77.1 Å². The van der Waals surface area contributed by atoms with E-state index in [1.165, 1.54) is 37.4 Å². The van der Waals surface area contributed by atoms with Crippen molar-refractivity contribution in [1.29, 1.82) is 0 Å². The fourth-order valence-electron chi connectivity index (χ4n) is 4.16. The lowest BCUT2D eigenvalue weighted by atomic mass is 9.89. The first-order valence-corrected chi connectivity index (χ1v) is 11.0. The van der Waals surface area contributed by atoms with Gasteiger partial charge in [-0.05, 0) is 56.0 Å². The number of carbonyl (C=O) groups is 1. The van der Waals surface area contributed by atoms with E-state index in [2.05, 4.69) is 4.98 Å². The van der Waals surface area contributed by atoms with Gasteiger partial charge in [0.25, 0.3) is 5.91 Å². The zero-order valence-electron chi connectivity index (χ0n) is 19.3. The molecule has 0 atom stereocenters. The van der Waals surface area contributed by atoms with Gasteiger partial charge < -0.3 is 19.1 Å². The van der Waals surface area contributed by atoms with E-state index in [4.69, 9.17) is 14.2 Å². The van der Waals surface area contributed by atoms with Crippen LogP contribution < -0.4 is 14.2 Å². The largest absolute Gasteiger partial charge is 0.496 e. The molecular formula is C26H26F2N2O4. The van der Waals surface area contributed by atoms with E-state index >= 15 is 0 Å². The number of hydrogen-bond donors (Lipinski definition) is 0. The lowest BCUT2D eigenvalue weighted by Crippen LogP contribution is -2.38. The molecule has 1 aliphatic heterocycles. The molecule has 3 aromatic rings.